The third kappa shape index (κ3) is 4.28. The van der Waals surface area contributed by atoms with Crippen molar-refractivity contribution < 1.29 is 9.15 Å². The van der Waals surface area contributed by atoms with Gasteiger partial charge in [-0.25, -0.2) is 4.99 Å². The molecule has 2 N–H and O–H groups in total. The van der Waals surface area contributed by atoms with Gasteiger partial charge < -0.3 is 19.8 Å². The van der Waals surface area contributed by atoms with Crippen LogP contribution in [0.5, 0.6) is 0 Å². The summed E-state index contributed by atoms with van der Waals surface area (Å²) in [5.41, 5.74) is 1.01. The maximum absolute atomic E-state index is 5.76. The molecule has 19 heavy (non-hydrogen) atoms. The Morgan fingerprint density at radius 2 is 2.37 bits per heavy atom. The van der Waals surface area contributed by atoms with Crippen molar-refractivity contribution in [2.75, 3.05) is 19.7 Å². The van der Waals surface area contributed by atoms with E-state index in [2.05, 4.69) is 29.5 Å². The number of rotatable bonds is 5. The van der Waals surface area contributed by atoms with Crippen molar-refractivity contribution in [1.29, 1.82) is 0 Å². The Morgan fingerprint density at radius 3 is 3.00 bits per heavy atom. The van der Waals surface area contributed by atoms with Crippen LogP contribution in [-0.2, 0) is 11.3 Å². The average Bonchev–Trinajstić information content (AvgIpc) is 3.05. The molecule has 0 spiro atoms. The minimum Gasteiger partial charge on any atom is -0.472 e. The minimum absolute atomic E-state index is 0.0637. The molecule has 106 valence electrons. The van der Waals surface area contributed by atoms with Crippen molar-refractivity contribution in [1.82, 2.24) is 10.6 Å². The molecule has 0 amide bonds. The molecule has 1 aliphatic heterocycles. The van der Waals surface area contributed by atoms with E-state index in [4.69, 9.17) is 9.15 Å². The van der Waals surface area contributed by atoms with E-state index in [9.17, 15) is 0 Å². The highest BCUT2D eigenvalue weighted by molar-refractivity contribution is 5.79. The normalized spacial score (nSPS) is 23.6. The molecule has 1 atom stereocenters. The lowest BCUT2D eigenvalue weighted by atomic mass is 10.0. The third-order valence-electron chi connectivity index (χ3n) is 3.27. The molecule has 2 heterocycles. The van der Waals surface area contributed by atoms with Crippen LogP contribution in [0.1, 0.15) is 32.3 Å². The summed E-state index contributed by atoms with van der Waals surface area (Å²) >= 11 is 0. The van der Waals surface area contributed by atoms with Gasteiger partial charge in [0.25, 0.3) is 0 Å². The lowest BCUT2D eigenvalue weighted by molar-refractivity contribution is 0.0243. The molecule has 1 fully saturated rings. The maximum atomic E-state index is 5.76. The Kier molecular flexibility index (Phi) is 4.85. The lowest BCUT2D eigenvalue weighted by Gasteiger charge is -2.24. The summed E-state index contributed by atoms with van der Waals surface area (Å²) in [4.78, 5) is 4.53. The van der Waals surface area contributed by atoms with E-state index in [1.807, 2.05) is 6.07 Å². The van der Waals surface area contributed by atoms with Gasteiger partial charge in [-0.05, 0) is 32.8 Å². The molecule has 1 aromatic heterocycles. The zero-order valence-corrected chi connectivity index (χ0v) is 11.7. The summed E-state index contributed by atoms with van der Waals surface area (Å²) in [6.07, 6.45) is 5.62. The fourth-order valence-electron chi connectivity index (χ4n) is 2.14. The number of hydrogen-bond acceptors (Lipinski definition) is 3. The summed E-state index contributed by atoms with van der Waals surface area (Å²) in [5.74, 6) is 0.820. The maximum Gasteiger partial charge on any atom is 0.191 e. The van der Waals surface area contributed by atoms with Gasteiger partial charge in [-0.15, -0.1) is 0 Å². The van der Waals surface area contributed by atoms with Crippen molar-refractivity contribution in [3.8, 4) is 0 Å². The first-order chi connectivity index (χ1) is 9.22. The summed E-state index contributed by atoms with van der Waals surface area (Å²) in [6.45, 7) is 7.30. The van der Waals surface area contributed by atoms with Crippen LogP contribution in [0.4, 0.5) is 0 Å². The van der Waals surface area contributed by atoms with E-state index in [-0.39, 0.29) is 5.60 Å². The smallest absolute Gasteiger partial charge is 0.191 e. The molecule has 0 saturated carbocycles. The van der Waals surface area contributed by atoms with Gasteiger partial charge in [0.15, 0.2) is 5.96 Å². The Balaban J connectivity index is 1.86. The number of ether oxygens (including phenoxy) is 1. The Bertz CT molecular complexity index is 395. The predicted octanol–water partition coefficient (Wildman–Crippen LogP) is 1.90. The number of guanidine groups is 1. The first-order valence-electron chi connectivity index (χ1n) is 6.89. The standard InChI is InChI=1S/C14H23N3O2/c1-3-15-13(16-9-12-5-8-18-10-12)17-11-14(2)6-4-7-19-14/h5,8,10H,3-4,6-7,9,11H2,1-2H3,(H2,15,16,17). The van der Waals surface area contributed by atoms with Crippen molar-refractivity contribution in [3.05, 3.63) is 24.2 Å². The van der Waals surface area contributed by atoms with E-state index < -0.39 is 0 Å². The second-order valence-electron chi connectivity index (χ2n) is 5.08. The number of furan rings is 1. The van der Waals surface area contributed by atoms with Crippen molar-refractivity contribution in [2.45, 2.75) is 38.8 Å². The summed E-state index contributed by atoms with van der Waals surface area (Å²) in [5, 5.41) is 6.59. The second kappa shape index (κ2) is 6.61. The van der Waals surface area contributed by atoms with Crippen LogP contribution >= 0.6 is 0 Å². The second-order valence-corrected chi connectivity index (χ2v) is 5.08. The largest absolute Gasteiger partial charge is 0.472 e. The minimum atomic E-state index is -0.0637. The van der Waals surface area contributed by atoms with Crippen LogP contribution in [0.3, 0.4) is 0 Å². The van der Waals surface area contributed by atoms with Crippen LogP contribution in [-0.4, -0.2) is 31.3 Å². The highest BCUT2D eigenvalue weighted by Crippen LogP contribution is 2.23. The molecule has 1 aliphatic rings. The first-order valence-corrected chi connectivity index (χ1v) is 6.89. The zero-order chi connectivity index (χ0) is 13.6. The lowest BCUT2D eigenvalue weighted by Crippen LogP contribution is -2.45. The highest BCUT2D eigenvalue weighted by atomic mass is 16.5. The fraction of sp³-hybridized carbons (Fsp3) is 0.643. The molecular weight excluding hydrogens is 242 g/mol. The fourth-order valence-corrected chi connectivity index (χ4v) is 2.14. The van der Waals surface area contributed by atoms with Gasteiger partial charge in [0.05, 0.1) is 24.7 Å². The van der Waals surface area contributed by atoms with Crippen molar-refractivity contribution in [3.63, 3.8) is 0 Å². The molecule has 0 aliphatic carbocycles. The van der Waals surface area contributed by atoms with Gasteiger partial charge in [0, 0.05) is 25.3 Å². The summed E-state index contributed by atoms with van der Waals surface area (Å²) < 4.78 is 10.8. The molecule has 1 aromatic rings. The quantitative estimate of drug-likeness (QED) is 0.630. The summed E-state index contributed by atoms with van der Waals surface area (Å²) in [7, 11) is 0. The summed E-state index contributed by atoms with van der Waals surface area (Å²) in [6, 6.07) is 1.93. The molecular formula is C14H23N3O2. The van der Waals surface area contributed by atoms with Gasteiger partial charge in [-0.1, -0.05) is 0 Å². The third-order valence-corrected chi connectivity index (χ3v) is 3.27. The van der Waals surface area contributed by atoms with E-state index in [0.29, 0.717) is 6.54 Å². The number of hydrogen-bond donors (Lipinski definition) is 2. The average molecular weight is 265 g/mol. The van der Waals surface area contributed by atoms with Gasteiger partial charge in [-0.2, -0.15) is 0 Å². The molecule has 5 nitrogen and oxygen atoms in total. The first kappa shape index (κ1) is 13.9. The van der Waals surface area contributed by atoms with Gasteiger partial charge in [-0.3, -0.25) is 0 Å². The van der Waals surface area contributed by atoms with Crippen molar-refractivity contribution in [2.24, 2.45) is 4.99 Å². The SMILES string of the molecule is CCNC(=NCc1ccoc1)NCC1(C)CCCO1. The van der Waals surface area contributed by atoms with Gasteiger partial charge in [0.2, 0.25) is 0 Å². The van der Waals surface area contributed by atoms with Crippen LogP contribution in [0, 0.1) is 0 Å². The molecule has 1 saturated heterocycles. The topological polar surface area (TPSA) is 58.8 Å². The number of nitrogens with one attached hydrogen (secondary N) is 2. The van der Waals surface area contributed by atoms with Crippen LogP contribution in [0.2, 0.25) is 0 Å². The van der Waals surface area contributed by atoms with E-state index in [0.717, 1.165) is 44.1 Å². The molecule has 1 unspecified atom stereocenters. The molecule has 5 heteroatoms. The van der Waals surface area contributed by atoms with Gasteiger partial charge in [0.1, 0.15) is 0 Å². The molecule has 0 radical (unpaired) electrons. The van der Waals surface area contributed by atoms with E-state index >= 15 is 0 Å². The Morgan fingerprint density at radius 1 is 1.47 bits per heavy atom. The van der Waals surface area contributed by atoms with E-state index in [1.54, 1.807) is 12.5 Å². The van der Waals surface area contributed by atoms with Crippen LogP contribution < -0.4 is 10.6 Å². The molecule has 0 bridgehead atoms. The monoisotopic (exact) mass is 265 g/mol. The van der Waals surface area contributed by atoms with E-state index in [1.165, 1.54) is 0 Å². The zero-order valence-electron chi connectivity index (χ0n) is 11.7. The Hall–Kier alpha value is -1.49. The number of aliphatic imine (C=N–C) groups is 1. The van der Waals surface area contributed by atoms with Gasteiger partial charge >= 0.3 is 0 Å². The molecule has 0 aromatic carbocycles. The predicted molar refractivity (Wildman–Crippen MR) is 75.1 cm³/mol. The van der Waals surface area contributed by atoms with Crippen molar-refractivity contribution >= 4 is 5.96 Å². The van der Waals surface area contributed by atoms with Crippen LogP contribution in [0.15, 0.2) is 28.0 Å². The number of nitrogens with zero attached hydrogens (tertiary/aromatic N) is 1. The van der Waals surface area contributed by atoms with Crippen LogP contribution in [0.25, 0.3) is 0 Å². The molecule has 2 rings (SSSR count). The Labute approximate surface area is 114 Å². The highest BCUT2D eigenvalue weighted by Gasteiger charge is 2.29.